The number of carbonyl (C=O) groups excluding carboxylic acids is 1. The Morgan fingerprint density at radius 3 is 2.08 bits per heavy atom. The number of nitrogens with one attached hydrogen (secondary N) is 2. The van der Waals surface area contributed by atoms with Crippen LogP contribution in [0.25, 0.3) is 22.5 Å². The van der Waals surface area contributed by atoms with Gasteiger partial charge in [0, 0.05) is 85.9 Å². The molecule has 4 saturated heterocycles. The average Bonchev–Trinajstić information content (AvgIpc) is 4.16. The predicted molar refractivity (Wildman–Crippen MR) is 283 cm³/mol. The second kappa shape index (κ2) is 21.4. The number of aryl methyl sites for hydroxylation is 3. The summed E-state index contributed by atoms with van der Waals surface area (Å²) in [4.78, 5) is 54.9. The first-order valence-corrected chi connectivity index (χ1v) is 25.6. The second-order valence-corrected chi connectivity index (χ2v) is 20.7. The number of rotatable bonds is 9. The number of carbonyl (C=O) groups is 1. The van der Waals surface area contributed by atoms with Crippen molar-refractivity contribution >= 4 is 63.9 Å². The number of nitrogens with two attached hydrogens (primary N) is 1. The molecule has 12 rings (SSSR count). The molecule has 388 valence electrons. The molecule has 6 aliphatic heterocycles. The van der Waals surface area contributed by atoms with E-state index in [1.807, 2.05) is 77.9 Å². The molecule has 0 aliphatic carbocycles. The number of hydrogen-bond donors (Lipinski definition) is 3. The minimum atomic E-state index is -0.639. The Hall–Kier alpha value is -6.55. The van der Waals surface area contributed by atoms with Crippen molar-refractivity contribution in [1.82, 2.24) is 39.9 Å². The number of pyridine rings is 4. The highest BCUT2D eigenvalue weighted by atomic mass is 35.5. The van der Waals surface area contributed by atoms with Gasteiger partial charge in [0.05, 0.1) is 58.2 Å². The molecule has 12 heterocycles. The fraction of sp³-hybridized carbons (Fsp3) is 0.442. The number of nitrogen functional groups attached to an aromatic ring is 1. The lowest BCUT2D eigenvalue weighted by Gasteiger charge is -2.36. The first-order valence-electron chi connectivity index (χ1n) is 24.8. The van der Waals surface area contributed by atoms with Crippen LogP contribution in [0.3, 0.4) is 0 Å². The molecule has 2 amide bonds. The molecule has 0 spiro atoms. The minimum Gasteiger partial charge on any atom is -0.461 e. The molecule has 74 heavy (non-hydrogen) atoms. The summed E-state index contributed by atoms with van der Waals surface area (Å²) in [6.07, 6.45) is 10.2. The summed E-state index contributed by atoms with van der Waals surface area (Å²) in [5.41, 5.74) is 12.6. The monoisotopic (exact) mass is 1050 g/mol. The zero-order valence-electron chi connectivity index (χ0n) is 42.2. The molecule has 0 radical (unpaired) electrons. The van der Waals surface area contributed by atoms with E-state index in [4.69, 9.17) is 62.6 Å². The highest BCUT2D eigenvalue weighted by Gasteiger charge is 2.41. The van der Waals surface area contributed by atoms with Crippen molar-refractivity contribution < 1.29 is 28.5 Å². The van der Waals surface area contributed by atoms with Crippen LogP contribution in [-0.4, -0.2) is 128 Å². The molecule has 0 unspecified atom stereocenters. The smallest absolute Gasteiger partial charge is 0.329 e. The highest BCUT2D eigenvalue weighted by Crippen LogP contribution is 2.44. The van der Waals surface area contributed by atoms with E-state index in [0.717, 1.165) is 96.5 Å². The summed E-state index contributed by atoms with van der Waals surface area (Å²) >= 11 is 13.1. The quantitative estimate of drug-likeness (QED) is 0.124. The van der Waals surface area contributed by atoms with Crippen LogP contribution < -0.4 is 35.8 Å². The summed E-state index contributed by atoms with van der Waals surface area (Å²) in [7, 11) is 0. The van der Waals surface area contributed by atoms with E-state index in [1.165, 1.54) is 6.20 Å². The third-order valence-electron chi connectivity index (χ3n) is 13.2. The molecular formula is C52H60Cl2N14O6. The highest BCUT2D eigenvalue weighted by molar-refractivity contribution is 6.34. The lowest BCUT2D eigenvalue weighted by Crippen LogP contribution is -2.48. The Bertz CT molecular complexity index is 3020. The largest absolute Gasteiger partial charge is 0.461 e. The van der Waals surface area contributed by atoms with Gasteiger partial charge < -0.3 is 44.5 Å². The molecule has 4 atom stereocenters. The van der Waals surface area contributed by atoms with E-state index in [2.05, 4.69) is 50.3 Å². The van der Waals surface area contributed by atoms with Crippen molar-refractivity contribution in [1.29, 1.82) is 0 Å². The summed E-state index contributed by atoms with van der Waals surface area (Å²) in [6.45, 7) is 16.4. The molecular weight excluding hydrogens is 988 g/mol. The van der Waals surface area contributed by atoms with Crippen LogP contribution in [0, 0.1) is 13.8 Å². The Morgan fingerprint density at radius 2 is 1.41 bits per heavy atom. The van der Waals surface area contributed by atoms with Gasteiger partial charge in [0.25, 0.3) is 0 Å². The van der Waals surface area contributed by atoms with Gasteiger partial charge in [0.1, 0.15) is 30.2 Å². The summed E-state index contributed by atoms with van der Waals surface area (Å²) < 4.78 is 28.2. The van der Waals surface area contributed by atoms with Gasteiger partial charge in [-0.2, -0.15) is 4.98 Å². The molecule has 6 aliphatic rings. The Balaban J connectivity index is 0.000000144. The Kier molecular flexibility index (Phi) is 14.7. The van der Waals surface area contributed by atoms with Crippen LogP contribution in [0.4, 0.5) is 39.4 Å². The van der Waals surface area contributed by atoms with Crippen LogP contribution >= 0.6 is 23.2 Å². The standard InChI is InChI=1S/C26H28ClN7O4.C15H15ClN4.C11H17N3O2/c1-15-10-16(4-7-28-15)22-19(27)11-20-23(32-22)34(17-6-9-33(20)12-17)25(35)31-21-5-8-29-24(30-21)36-13-18-14-37-26(2,3)38-18;1-9-6-10(2-4-17-9)14-12(16)7-13-15(19-14)18-11-3-5-20(13)8-11;1-11(2)15-7-8(16-11)3-4-10-13-6-5-9(12)14-10/h4-5,7-8,10-11,17-18H,6,9,12-14H2,1-3H3,(H,29,30,31,35);2,4,6-7,11H,3,5,8H2,1H3,(H,18,19);5-6,8H,3-4,7H2,1-2H3,(H2,12,13,14)/t17-,18+;11-;8-/m001/s1. The first kappa shape index (κ1) is 51.0. The van der Waals surface area contributed by atoms with Crippen LogP contribution in [0.2, 0.25) is 10.0 Å². The van der Waals surface area contributed by atoms with E-state index in [-0.39, 0.29) is 36.9 Å². The third-order valence-corrected chi connectivity index (χ3v) is 13.8. The van der Waals surface area contributed by atoms with E-state index in [1.54, 1.807) is 35.6 Å². The molecule has 0 aromatic carbocycles. The summed E-state index contributed by atoms with van der Waals surface area (Å²) in [5, 5.41) is 7.63. The number of halogens is 2. The van der Waals surface area contributed by atoms with E-state index in [0.29, 0.717) is 59.0 Å². The average molecular weight is 1050 g/mol. The van der Waals surface area contributed by atoms with Crippen LogP contribution in [0.15, 0.2) is 73.3 Å². The molecule has 4 N–H and O–H groups in total. The fourth-order valence-electron chi connectivity index (χ4n) is 9.79. The van der Waals surface area contributed by atoms with Crippen molar-refractivity contribution in [2.45, 2.75) is 103 Å². The van der Waals surface area contributed by atoms with Gasteiger partial charge in [-0.15, -0.1) is 0 Å². The maximum atomic E-state index is 13.6. The van der Waals surface area contributed by atoms with Crippen molar-refractivity contribution in [3.63, 3.8) is 0 Å². The number of amides is 2. The SMILES string of the molecule is CC1(C)OC[C@@H](CCc2nccc(N)n2)O1.Cc1cc(-c2nc3c(cc2Cl)N2CC[C@@H](C2)N3)ccn1.Cc1cc(-c2nc3c(cc2Cl)N2CC[C@@H](C2)N3C(=O)Nc2ccnc(OC[C@@H]3COC(C)(C)O3)n2)ccn1. The number of hydrogen-bond acceptors (Lipinski definition) is 18. The normalized spacial score (nSPS) is 21.4. The molecule has 4 fully saturated rings. The number of urea groups is 1. The van der Waals surface area contributed by atoms with Crippen molar-refractivity contribution in [2.75, 3.05) is 77.1 Å². The Morgan fingerprint density at radius 1 is 0.770 bits per heavy atom. The maximum absolute atomic E-state index is 13.6. The fourth-order valence-corrected chi connectivity index (χ4v) is 10.3. The van der Waals surface area contributed by atoms with Gasteiger partial charge in [-0.3, -0.25) is 20.2 Å². The zero-order valence-corrected chi connectivity index (χ0v) is 43.7. The van der Waals surface area contributed by atoms with Crippen LogP contribution in [0.1, 0.15) is 64.2 Å². The minimum absolute atomic E-state index is 0.0244. The van der Waals surface area contributed by atoms with Crippen LogP contribution in [-0.2, 0) is 25.4 Å². The number of anilines is 6. The molecule has 6 aromatic heterocycles. The van der Waals surface area contributed by atoms with Crippen LogP contribution in [0.5, 0.6) is 6.01 Å². The van der Waals surface area contributed by atoms with E-state index >= 15 is 0 Å². The van der Waals surface area contributed by atoms with Crippen molar-refractivity contribution in [3.05, 3.63) is 101 Å². The summed E-state index contributed by atoms with van der Waals surface area (Å²) in [6, 6.07) is 15.3. The van der Waals surface area contributed by atoms with Gasteiger partial charge in [-0.25, -0.2) is 29.7 Å². The van der Waals surface area contributed by atoms with E-state index in [9.17, 15) is 4.79 Å². The molecule has 20 nitrogen and oxygen atoms in total. The predicted octanol–water partition coefficient (Wildman–Crippen LogP) is 8.31. The number of fused-ring (bicyclic) bond motifs is 8. The number of ether oxygens (including phenoxy) is 5. The molecule has 4 bridgehead atoms. The molecule has 22 heteroatoms. The zero-order chi connectivity index (χ0) is 51.7. The topological polar surface area (TPSA) is 226 Å². The van der Waals surface area contributed by atoms with Gasteiger partial charge in [0.15, 0.2) is 23.2 Å². The van der Waals surface area contributed by atoms with Gasteiger partial charge >= 0.3 is 12.0 Å². The molecule has 6 aromatic rings. The maximum Gasteiger partial charge on any atom is 0.329 e. The van der Waals surface area contributed by atoms with Gasteiger partial charge in [0.2, 0.25) is 0 Å². The second-order valence-electron chi connectivity index (χ2n) is 19.9. The van der Waals surface area contributed by atoms with E-state index < -0.39 is 11.6 Å². The number of aromatic nitrogens is 8. The van der Waals surface area contributed by atoms with Crippen molar-refractivity contribution in [3.8, 4) is 28.5 Å². The molecule has 0 saturated carbocycles. The van der Waals surface area contributed by atoms with Crippen molar-refractivity contribution in [2.24, 2.45) is 0 Å². The first-order chi connectivity index (χ1) is 35.5. The summed E-state index contributed by atoms with van der Waals surface area (Å²) in [5.74, 6) is 2.01. The van der Waals surface area contributed by atoms with Gasteiger partial charge in [-0.05, 0) is 109 Å². The third kappa shape index (κ3) is 11.9. The Labute approximate surface area is 439 Å². The lowest BCUT2D eigenvalue weighted by atomic mass is 10.1. The number of nitrogens with zero attached hydrogens (tertiary/aromatic N) is 11. The van der Waals surface area contributed by atoms with Gasteiger partial charge in [-0.1, -0.05) is 23.2 Å². The lowest BCUT2D eigenvalue weighted by molar-refractivity contribution is -0.141.